The van der Waals surface area contributed by atoms with E-state index in [0.717, 1.165) is 25.7 Å². The van der Waals surface area contributed by atoms with E-state index in [1.54, 1.807) is 24.3 Å². The number of hydrogen-bond acceptors (Lipinski definition) is 4. The van der Waals surface area contributed by atoms with Crippen molar-refractivity contribution < 1.29 is 19.1 Å². The summed E-state index contributed by atoms with van der Waals surface area (Å²) in [6, 6.07) is 6.52. The van der Waals surface area contributed by atoms with Crippen LogP contribution in [0.15, 0.2) is 24.3 Å². The van der Waals surface area contributed by atoms with Gasteiger partial charge in [0.1, 0.15) is 0 Å². The highest BCUT2D eigenvalue weighted by Crippen LogP contribution is 2.14. The fourth-order valence-corrected chi connectivity index (χ4v) is 3.16. The van der Waals surface area contributed by atoms with Gasteiger partial charge in [-0.05, 0) is 72.6 Å². The van der Waals surface area contributed by atoms with Crippen LogP contribution in [0.4, 0.5) is 21.0 Å². The van der Waals surface area contributed by atoms with E-state index in [4.69, 9.17) is 9.47 Å². The molecule has 0 aliphatic heterocycles. The largest absolute Gasteiger partial charge is 0.436 e. The quantitative estimate of drug-likeness (QED) is 0.198. The van der Waals surface area contributed by atoms with Gasteiger partial charge in [-0.3, -0.25) is 10.6 Å². The summed E-state index contributed by atoms with van der Waals surface area (Å²) >= 11 is 0. The van der Waals surface area contributed by atoms with Crippen molar-refractivity contribution in [3.63, 3.8) is 0 Å². The first-order chi connectivity index (χ1) is 18.7. The molecule has 6 heteroatoms. The molecule has 0 bridgehead atoms. The highest BCUT2D eigenvalue weighted by molar-refractivity contribution is 5.87. The van der Waals surface area contributed by atoms with Crippen molar-refractivity contribution in [2.75, 3.05) is 23.8 Å². The summed E-state index contributed by atoms with van der Waals surface area (Å²) in [5.74, 6) is 22.3. The minimum atomic E-state index is -0.624. The van der Waals surface area contributed by atoms with Gasteiger partial charge in [-0.25, -0.2) is 9.59 Å². The monoisotopic (exact) mass is 516 g/mol. The van der Waals surface area contributed by atoms with Gasteiger partial charge in [0, 0.05) is 24.2 Å². The lowest BCUT2D eigenvalue weighted by atomic mass is 10.1. The molecular weight excluding hydrogens is 476 g/mol. The molecule has 2 amide bonds. The van der Waals surface area contributed by atoms with Gasteiger partial charge in [-0.15, -0.1) is 0 Å². The van der Waals surface area contributed by atoms with Crippen LogP contribution < -0.4 is 10.6 Å². The van der Waals surface area contributed by atoms with Crippen LogP contribution >= 0.6 is 0 Å². The van der Waals surface area contributed by atoms with Crippen LogP contribution in [0.25, 0.3) is 0 Å². The molecule has 0 radical (unpaired) electrons. The Morgan fingerprint density at radius 1 is 0.579 bits per heavy atom. The first-order valence-corrected chi connectivity index (χ1v) is 13.5. The Morgan fingerprint density at radius 2 is 0.947 bits per heavy atom. The van der Waals surface area contributed by atoms with E-state index in [9.17, 15) is 9.59 Å². The van der Waals surface area contributed by atoms with Crippen LogP contribution in [0.2, 0.25) is 0 Å². The Bertz CT molecular complexity index is 977. The van der Waals surface area contributed by atoms with Gasteiger partial charge in [0.25, 0.3) is 0 Å². The van der Waals surface area contributed by atoms with Crippen molar-refractivity contribution >= 4 is 23.6 Å². The zero-order chi connectivity index (χ0) is 27.5. The van der Waals surface area contributed by atoms with Crippen LogP contribution in [-0.4, -0.2) is 25.4 Å². The third-order valence-electron chi connectivity index (χ3n) is 5.22. The van der Waals surface area contributed by atoms with Crippen LogP contribution in [-0.2, 0) is 9.47 Å². The number of amides is 2. The minimum absolute atomic E-state index is 0.0456. The Balaban J connectivity index is 2.20. The summed E-state index contributed by atoms with van der Waals surface area (Å²) in [5.41, 5.74) is 1.03. The van der Waals surface area contributed by atoms with Crippen molar-refractivity contribution in [2.45, 2.75) is 90.9 Å². The molecule has 202 valence electrons. The number of anilines is 2. The van der Waals surface area contributed by atoms with E-state index in [0.29, 0.717) is 11.4 Å². The standard InChI is InChI=1S/C32H40N2O4/c1-3-5-7-9-11-13-15-17-19-21-27-37-31(35)33-29-23-25-30(26-24-29)34-32(36)38-28-22-20-18-16-14-12-10-8-6-4-2/h23-26H,3-14,27-28H2,1-2H3,(H,33,35)(H,34,36). The lowest BCUT2D eigenvalue weighted by Gasteiger charge is -2.07. The normalized spacial score (nSPS) is 9.11. The average Bonchev–Trinajstić information content (AvgIpc) is 2.91. The maximum atomic E-state index is 11.9. The van der Waals surface area contributed by atoms with E-state index in [-0.39, 0.29) is 13.2 Å². The number of benzene rings is 1. The second kappa shape index (κ2) is 23.4. The number of hydrogen-bond donors (Lipinski definition) is 2. The van der Waals surface area contributed by atoms with Gasteiger partial charge in [-0.2, -0.15) is 0 Å². The van der Waals surface area contributed by atoms with Gasteiger partial charge < -0.3 is 9.47 Å². The summed E-state index contributed by atoms with van der Waals surface area (Å²) in [6.45, 7) is 4.30. The Morgan fingerprint density at radius 3 is 1.34 bits per heavy atom. The van der Waals surface area contributed by atoms with Gasteiger partial charge in [0.15, 0.2) is 13.2 Å². The van der Waals surface area contributed by atoms with Gasteiger partial charge >= 0.3 is 12.2 Å². The highest BCUT2D eigenvalue weighted by atomic mass is 16.6. The predicted octanol–water partition coefficient (Wildman–Crippen LogP) is 7.52. The Labute approximate surface area is 229 Å². The molecule has 2 N–H and O–H groups in total. The van der Waals surface area contributed by atoms with E-state index < -0.39 is 12.2 Å². The predicted molar refractivity (Wildman–Crippen MR) is 154 cm³/mol. The number of carbonyl (C=O) groups excluding carboxylic acids is 2. The molecule has 0 spiro atoms. The maximum Gasteiger partial charge on any atom is 0.412 e. The lowest BCUT2D eigenvalue weighted by molar-refractivity contribution is 0.175. The summed E-state index contributed by atoms with van der Waals surface area (Å²) in [6.07, 6.45) is 12.5. The first kappa shape index (κ1) is 32.0. The van der Waals surface area contributed by atoms with Crippen molar-refractivity contribution in [1.29, 1.82) is 0 Å². The molecular formula is C32H40N2O4. The molecule has 1 aromatic carbocycles. The minimum Gasteiger partial charge on any atom is -0.436 e. The summed E-state index contributed by atoms with van der Waals surface area (Å²) in [4.78, 5) is 23.7. The van der Waals surface area contributed by atoms with Crippen molar-refractivity contribution in [2.24, 2.45) is 0 Å². The van der Waals surface area contributed by atoms with Crippen molar-refractivity contribution in [1.82, 2.24) is 0 Å². The topological polar surface area (TPSA) is 76.7 Å². The molecule has 0 aromatic heterocycles. The molecule has 0 fully saturated rings. The lowest BCUT2D eigenvalue weighted by Crippen LogP contribution is -2.15. The molecule has 0 aliphatic carbocycles. The van der Waals surface area contributed by atoms with Crippen LogP contribution in [0.1, 0.15) is 90.9 Å². The Hall–Kier alpha value is -4.00. The fourth-order valence-electron chi connectivity index (χ4n) is 3.16. The molecule has 1 rings (SSSR count). The molecule has 0 unspecified atom stereocenters. The second-order valence-corrected chi connectivity index (χ2v) is 8.52. The highest BCUT2D eigenvalue weighted by Gasteiger charge is 2.04. The zero-order valence-corrected chi connectivity index (χ0v) is 22.8. The molecule has 0 saturated carbocycles. The SMILES string of the molecule is CCCCCCCC#CC#CCOC(=O)Nc1ccc(NC(=O)OCC#CC#CCCCCCCC)cc1. The van der Waals surface area contributed by atoms with Gasteiger partial charge in [0.2, 0.25) is 0 Å². The van der Waals surface area contributed by atoms with Crippen LogP contribution in [0.3, 0.4) is 0 Å². The Kier molecular flexibility index (Phi) is 19.7. The van der Waals surface area contributed by atoms with Crippen molar-refractivity contribution in [3.05, 3.63) is 24.3 Å². The van der Waals surface area contributed by atoms with Gasteiger partial charge in [-0.1, -0.05) is 77.1 Å². The number of nitrogens with one attached hydrogen (secondary N) is 2. The van der Waals surface area contributed by atoms with E-state index in [2.05, 4.69) is 71.8 Å². The second-order valence-electron chi connectivity index (χ2n) is 8.52. The molecule has 0 atom stereocenters. The van der Waals surface area contributed by atoms with Gasteiger partial charge in [0.05, 0.1) is 0 Å². The third kappa shape index (κ3) is 19.2. The molecule has 38 heavy (non-hydrogen) atoms. The molecule has 0 saturated heterocycles. The smallest absolute Gasteiger partial charge is 0.412 e. The molecule has 6 nitrogen and oxygen atoms in total. The summed E-state index contributed by atoms with van der Waals surface area (Å²) < 4.78 is 10.0. The number of carbonyl (C=O) groups is 2. The number of rotatable bonds is 14. The molecule has 0 aliphatic rings. The van der Waals surface area contributed by atoms with Crippen LogP contribution in [0.5, 0.6) is 0 Å². The zero-order valence-electron chi connectivity index (χ0n) is 22.8. The summed E-state index contributed by atoms with van der Waals surface area (Å²) in [7, 11) is 0. The van der Waals surface area contributed by atoms with Crippen LogP contribution in [0, 0.1) is 47.4 Å². The number of unbranched alkanes of at least 4 members (excludes halogenated alkanes) is 10. The van der Waals surface area contributed by atoms with E-state index in [1.165, 1.54) is 51.4 Å². The van der Waals surface area contributed by atoms with Crippen molar-refractivity contribution in [3.8, 4) is 47.4 Å². The first-order valence-electron chi connectivity index (χ1n) is 13.5. The summed E-state index contributed by atoms with van der Waals surface area (Å²) in [5, 5.41) is 5.19. The molecule has 0 heterocycles. The fraction of sp³-hybridized carbons (Fsp3) is 0.500. The average molecular weight is 517 g/mol. The van der Waals surface area contributed by atoms with E-state index in [1.807, 2.05) is 0 Å². The maximum absolute atomic E-state index is 11.9. The third-order valence-corrected chi connectivity index (χ3v) is 5.22. The molecule has 1 aromatic rings. The number of ether oxygens (including phenoxy) is 2. The van der Waals surface area contributed by atoms with E-state index >= 15 is 0 Å².